The molecular formula is C23H32N4O4S. The van der Waals surface area contributed by atoms with Crippen LogP contribution in [0.2, 0.25) is 0 Å². The van der Waals surface area contributed by atoms with Gasteiger partial charge in [-0.15, -0.1) is 0 Å². The minimum absolute atomic E-state index is 0.124. The predicted octanol–water partition coefficient (Wildman–Crippen LogP) is 3.46. The number of piperidine rings is 1. The van der Waals surface area contributed by atoms with Gasteiger partial charge in [-0.1, -0.05) is 49.4 Å². The molecule has 1 saturated carbocycles. The smallest absolute Gasteiger partial charge is 0.243 e. The Morgan fingerprint density at radius 1 is 1.03 bits per heavy atom. The van der Waals surface area contributed by atoms with Gasteiger partial charge in [0.05, 0.1) is 11.3 Å². The molecule has 0 unspecified atom stereocenters. The lowest BCUT2D eigenvalue weighted by atomic mass is 9.88. The summed E-state index contributed by atoms with van der Waals surface area (Å²) in [6.07, 6.45) is 8.86. The van der Waals surface area contributed by atoms with Crippen LogP contribution >= 0.6 is 0 Å². The van der Waals surface area contributed by atoms with Gasteiger partial charge in [0.15, 0.2) is 5.82 Å². The lowest BCUT2D eigenvalue weighted by molar-refractivity contribution is -0.122. The molecule has 1 saturated heterocycles. The van der Waals surface area contributed by atoms with Crippen molar-refractivity contribution in [3.63, 3.8) is 0 Å². The molecule has 174 valence electrons. The summed E-state index contributed by atoms with van der Waals surface area (Å²) in [5, 5.41) is 7.32. The number of sulfonamides is 1. The maximum Gasteiger partial charge on any atom is 0.243 e. The van der Waals surface area contributed by atoms with E-state index in [0.29, 0.717) is 24.8 Å². The van der Waals surface area contributed by atoms with Gasteiger partial charge in [-0.2, -0.15) is 9.29 Å². The standard InChI is InChI=1S/C23H32N4O4S/c1-18-24-22(26-31-18)23(13-5-2-3-6-14-23)25-21(28)17-19-9-11-20(12-10-19)32(29,30)27-15-7-4-8-16-27/h9-12H,2-8,13-17H2,1H3,(H,25,28). The zero-order valence-electron chi connectivity index (χ0n) is 18.7. The normalized spacial score (nSPS) is 19.9. The molecule has 4 rings (SSSR count). The summed E-state index contributed by atoms with van der Waals surface area (Å²) >= 11 is 0. The second kappa shape index (κ2) is 9.70. The van der Waals surface area contributed by atoms with E-state index in [-0.39, 0.29) is 17.2 Å². The molecule has 1 N–H and O–H groups in total. The summed E-state index contributed by atoms with van der Waals surface area (Å²) in [4.78, 5) is 17.7. The minimum atomic E-state index is -3.47. The van der Waals surface area contributed by atoms with Crippen LogP contribution in [0.4, 0.5) is 0 Å². The maximum absolute atomic E-state index is 13.0. The van der Waals surface area contributed by atoms with Crippen LogP contribution < -0.4 is 5.32 Å². The van der Waals surface area contributed by atoms with E-state index in [2.05, 4.69) is 15.5 Å². The van der Waals surface area contributed by atoms with Crippen molar-refractivity contribution in [2.45, 2.75) is 81.6 Å². The van der Waals surface area contributed by atoms with Gasteiger partial charge in [0, 0.05) is 20.0 Å². The number of nitrogens with zero attached hydrogens (tertiary/aromatic N) is 3. The van der Waals surface area contributed by atoms with Crippen molar-refractivity contribution in [1.82, 2.24) is 19.8 Å². The Bertz CT molecular complexity index is 1020. The molecular weight excluding hydrogens is 428 g/mol. The lowest BCUT2D eigenvalue weighted by Crippen LogP contribution is -2.47. The number of aryl methyl sites for hydroxylation is 1. The zero-order chi connectivity index (χ0) is 22.6. The number of carbonyl (C=O) groups excluding carboxylic acids is 1. The molecule has 0 spiro atoms. The lowest BCUT2D eigenvalue weighted by Gasteiger charge is -2.30. The van der Waals surface area contributed by atoms with Crippen LogP contribution in [0, 0.1) is 6.92 Å². The molecule has 1 aliphatic heterocycles. The van der Waals surface area contributed by atoms with Crippen molar-refractivity contribution in [3.8, 4) is 0 Å². The molecule has 2 heterocycles. The molecule has 1 amide bonds. The third kappa shape index (κ3) is 5.04. The zero-order valence-corrected chi connectivity index (χ0v) is 19.5. The minimum Gasteiger partial charge on any atom is -0.343 e. The molecule has 9 heteroatoms. The highest BCUT2D eigenvalue weighted by molar-refractivity contribution is 7.89. The number of hydrogen-bond acceptors (Lipinski definition) is 6. The average Bonchev–Trinajstić information content (AvgIpc) is 3.10. The molecule has 0 radical (unpaired) electrons. The summed E-state index contributed by atoms with van der Waals surface area (Å²) < 4.78 is 32.4. The van der Waals surface area contributed by atoms with Crippen LogP contribution in [0.15, 0.2) is 33.7 Å². The van der Waals surface area contributed by atoms with Gasteiger partial charge in [0.1, 0.15) is 5.54 Å². The second-order valence-corrected chi connectivity index (χ2v) is 10.9. The van der Waals surface area contributed by atoms with E-state index in [1.165, 1.54) is 0 Å². The number of hydrogen-bond donors (Lipinski definition) is 1. The van der Waals surface area contributed by atoms with Crippen molar-refractivity contribution in [3.05, 3.63) is 41.5 Å². The quantitative estimate of drug-likeness (QED) is 0.662. The number of aromatic nitrogens is 2. The van der Waals surface area contributed by atoms with Crippen molar-refractivity contribution >= 4 is 15.9 Å². The number of benzene rings is 1. The van der Waals surface area contributed by atoms with Gasteiger partial charge < -0.3 is 9.84 Å². The largest absolute Gasteiger partial charge is 0.343 e. The van der Waals surface area contributed by atoms with E-state index in [9.17, 15) is 13.2 Å². The first kappa shape index (κ1) is 22.9. The Hall–Kier alpha value is -2.26. The number of rotatable bonds is 6. The van der Waals surface area contributed by atoms with E-state index in [1.807, 2.05) is 0 Å². The van der Waals surface area contributed by atoms with E-state index in [4.69, 9.17) is 4.52 Å². The Labute approximate surface area is 189 Å². The van der Waals surface area contributed by atoms with Crippen LogP contribution in [0.1, 0.15) is 75.1 Å². The fraction of sp³-hybridized carbons (Fsp3) is 0.609. The van der Waals surface area contributed by atoms with Gasteiger partial charge in [-0.3, -0.25) is 4.79 Å². The summed E-state index contributed by atoms with van der Waals surface area (Å²) in [5.41, 5.74) is 0.163. The van der Waals surface area contributed by atoms with Crippen LogP contribution in [0.5, 0.6) is 0 Å². The number of amides is 1. The van der Waals surface area contributed by atoms with Crippen molar-refractivity contribution < 1.29 is 17.7 Å². The number of nitrogens with one attached hydrogen (secondary N) is 1. The first-order valence-electron chi connectivity index (χ1n) is 11.6. The number of carbonyl (C=O) groups is 1. The molecule has 32 heavy (non-hydrogen) atoms. The monoisotopic (exact) mass is 460 g/mol. The Kier molecular flexibility index (Phi) is 6.95. The van der Waals surface area contributed by atoms with Gasteiger partial charge in [0.25, 0.3) is 0 Å². The van der Waals surface area contributed by atoms with E-state index >= 15 is 0 Å². The fourth-order valence-corrected chi connectivity index (χ4v) is 6.28. The first-order chi connectivity index (χ1) is 15.4. The van der Waals surface area contributed by atoms with Crippen LogP contribution in [-0.4, -0.2) is 41.9 Å². The van der Waals surface area contributed by atoms with Crippen LogP contribution in [0.25, 0.3) is 0 Å². The van der Waals surface area contributed by atoms with Crippen LogP contribution in [0.3, 0.4) is 0 Å². The third-order valence-electron chi connectivity index (χ3n) is 6.53. The van der Waals surface area contributed by atoms with Crippen LogP contribution in [-0.2, 0) is 26.8 Å². The Morgan fingerprint density at radius 3 is 2.25 bits per heavy atom. The summed E-state index contributed by atoms with van der Waals surface area (Å²) in [6.45, 7) is 2.90. The summed E-state index contributed by atoms with van der Waals surface area (Å²) in [5.74, 6) is 0.914. The molecule has 2 aromatic rings. The first-order valence-corrected chi connectivity index (χ1v) is 13.0. The molecule has 0 atom stereocenters. The van der Waals surface area contributed by atoms with Gasteiger partial charge in [-0.05, 0) is 43.4 Å². The van der Waals surface area contributed by atoms with Gasteiger partial charge >= 0.3 is 0 Å². The van der Waals surface area contributed by atoms with Crippen molar-refractivity contribution in [2.24, 2.45) is 0 Å². The topological polar surface area (TPSA) is 105 Å². The van der Waals surface area contributed by atoms with Gasteiger partial charge in [-0.25, -0.2) is 8.42 Å². The molecule has 1 aliphatic carbocycles. The molecule has 2 aliphatic rings. The summed E-state index contributed by atoms with van der Waals surface area (Å²) in [7, 11) is -3.47. The summed E-state index contributed by atoms with van der Waals surface area (Å²) in [6, 6.07) is 6.68. The van der Waals surface area contributed by atoms with E-state index < -0.39 is 15.6 Å². The highest BCUT2D eigenvalue weighted by atomic mass is 32.2. The van der Waals surface area contributed by atoms with Crippen molar-refractivity contribution in [1.29, 1.82) is 0 Å². The Morgan fingerprint density at radius 2 is 1.66 bits per heavy atom. The second-order valence-electron chi connectivity index (χ2n) is 8.97. The Balaban J connectivity index is 1.46. The highest BCUT2D eigenvalue weighted by Crippen LogP contribution is 2.34. The molecule has 2 fully saturated rings. The molecule has 1 aromatic heterocycles. The highest BCUT2D eigenvalue weighted by Gasteiger charge is 2.38. The van der Waals surface area contributed by atoms with E-state index in [1.54, 1.807) is 35.5 Å². The molecule has 8 nitrogen and oxygen atoms in total. The van der Waals surface area contributed by atoms with Gasteiger partial charge in [0.2, 0.25) is 21.8 Å². The molecule has 1 aromatic carbocycles. The molecule has 0 bridgehead atoms. The van der Waals surface area contributed by atoms with Crippen molar-refractivity contribution in [2.75, 3.05) is 13.1 Å². The maximum atomic E-state index is 13.0. The fourth-order valence-electron chi connectivity index (χ4n) is 4.76. The predicted molar refractivity (Wildman–Crippen MR) is 119 cm³/mol. The average molecular weight is 461 g/mol. The van der Waals surface area contributed by atoms with E-state index in [0.717, 1.165) is 63.4 Å². The third-order valence-corrected chi connectivity index (χ3v) is 8.45. The SMILES string of the molecule is Cc1nc(C2(NC(=O)Cc3ccc(S(=O)(=O)N4CCCCC4)cc3)CCCCCC2)no1.